The molecule has 2 rings (SSSR count). The summed E-state index contributed by atoms with van der Waals surface area (Å²) in [7, 11) is -0.515. The molecule has 0 amide bonds. The van der Waals surface area contributed by atoms with Crippen molar-refractivity contribution in [1.29, 1.82) is 0 Å². The van der Waals surface area contributed by atoms with Gasteiger partial charge in [-0.3, -0.25) is 4.21 Å². The first-order chi connectivity index (χ1) is 8.24. The average molecular weight is 257 g/mol. The summed E-state index contributed by atoms with van der Waals surface area (Å²) in [5.41, 5.74) is 0. The molecule has 1 saturated heterocycles. The van der Waals surface area contributed by atoms with E-state index in [1.165, 1.54) is 38.6 Å². The summed E-state index contributed by atoms with van der Waals surface area (Å²) >= 11 is 0. The predicted molar refractivity (Wildman–Crippen MR) is 74.6 cm³/mol. The molecule has 17 heavy (non-hydrogen) atoms. The Bertz CT molecular complexity index is 239. The fraction of sp³-hybridized carbons (Fsp3) is 1.00. The summed E-state index contributed by atoms with van der Waals surface area (Å²) in [4.78, 5) is 0. The predicted octanol–water partition coefficient (Wildman–Crippen LogP) is 2.70. The lowest BCUT2D eigenvalue weighted by Crippen LogP contribution is -2.36. The first-order valence-corrected chi connectivity index (χ1v) is 8.81. The number of rotatable bonds is 4. The molecule has 0 aromatic carbocycles. The van der Waals surface area contributed by atoms with Crippen LogP contribution in [0.3, 0.4) is 0 Å². The van der Waals surface area contributed by atoms with Crippen LogP contribution in [-0.4, -0.2) is 28.3 Å². The molecule has 0 spiro atoms. The minimum Gasteiger partial charge on any atom is -0.314 e. The molecule has 2 nitrogen and oxygen atoms in total. The van der Waals surface area contributed by atoms with Gasteiger partial charge in [0.15, 0.2) is 0 Å². The molecule has 0 bridgehead atoms. The van der Waals surface area contributed by atoms with E-state index in [0.717, 1.165) is 36.2 Å². The summed E-state index contributed by atoms with van der Waals surface area (Å²) in [6, 6.07) is 0.648. The lowest BCUT2D eigenvalue weighted by Gasteiger charge is -2.28. The SMILES string of the molecule is CC1CCC(CCNC2CCS(=O)CC2)CC1. The van der Waals surface area contributed by atoms with Crippen molar-refractivity contribution in [2.75, 3.05) is 18.1 Å². The van der Waals surface area contributed by atoms with Gasteiger partial charge in [-0.25, -0.2) is 0 Å². The van der Waals surface area contributed by atoms with E-state index in [4.69, 9.17) is 0 Å². The van der Waals surface area contributed by atoms with Crippen molar-refractivity contribution >= 4 is 10.8 Å². The van der Waals surface area contributed by atoms with Crippen LogP contribution in [0.5, 0.6) is 0 Å². The van der Waals surface area contributed by atoms with Gasteiger partial charge in [-0.05, 0) is 37.6 Å². The summed E-state index contributed by atoms with van der Waals surface area (Å²) in [6.45, 7) is 3.56. The Kier molecular flexibility index (Phi) is 5.49. The normalized spacial score (nSPS) is 39.1. The molecule has 0 unspecified atom stereocenters. The summed E-state index contributed by atoms with van der Waals surface area (Å²) in [6.07, 6.45) is 9.35. The van der Waals surface area contributed by atoms with E-state index in [1.54, 1.807) is 0 Å². The Morgan fingerprint density at radius 2 is 1.71 bits per heavy atom. The first-order valence-electron chi connectivity index (χ1n) is 7.32. The van der Waals surface area contributed by atoms with E-state index >= 15 is 0 Å². The van der Waals surface area contributed by atoms with Crippen LogP contribution in [0.15, 0.2) is 0 Å². The van der Waals surface area contributed by atoms with Gasteiger partial charge in [0, 0.05) is 28.3 Å². The van der Waals surface area contributed by atoms with Gasteiger partial charge in [0.2, 0.25) is 0 Å². The van der Waals surface area contributed by atoms with E-state index in [1.807, 2.05) is 0 Å². The van der Waals surface area contributed by atoms with E-state index < -0.39 is 10.8 Å². The third-order valence-corrected chi connectivity index (χ3v) is 5.89. The minimum atomic E-state index is -0.515. The maximum absolute atomic E-state index is 11.2. The summed E-state index contributed by atoms with van der Waals surface area (Å²) in [5, 5.41) is 3.67. The van der Waals surface area contributed by atoms with Crippen molar-refractivity contribution < 1.29 is 4.21 Å². The number of nitrogens with one attached hydrogen (secondary N) is 1. The Hall–Kier alpha value is 0.110. The van der Waals surface area contributed by atoms with Gasteiger partial charge >= 0.3 is 0 Å². The van der Waals surface area contributed by atoms with Gasteiger partial charge < -0.3 is 5.32 Å². The topological polar surface area (TPSA) is 29.1 Å². The molecule has 0 atom stereocenters. The highest BCUT2D eigenvalue weighted by Gasteiger charge is 2.20. The molecule has 0 aromatic rings. The zero-order valence-corrected chi connectivity index (χ0v) is 11.9. The lowest BCUT2D eigenvalue weighted by molar-refractivity contribution is 0.271. The van der Waals surface area contributed by atoms with Crippen LogP contribution < -0.4 is 5.32 Å². The second kappa shape index (κ2) is 6.89. The van der Waals surface area contributed by atoms with Crippen LogP contribution in [0.4, 0.5) is 0 Å². The highest BCUT2D eigenvalue weighted by atomic mass is 32.2. The molecule has 0 radical (unpaired) electrons. The second-order valence-electron chi connectivity index (χ2n) is 5.99. The van der Waals surface area contributed by atoms with E-state index in [2.05, 4.69) is 12.2 Å². The Morgan fingerprint density at radius 1 is 1.06 bits per heavy atom. The maximum atomic E-state index is 11.2. The molecule has 2 fully saturated rings. The molecule has 3 heteroatoms. The van der Waals surface area contributed by atoms with Crippen molar-refractivity contribution in [2.24, 2.45) is 11.8 Å². The molecule has 0 aromatic heterocycles. The van der Waals surface area contributed by atoms with E-state index in [9.17, 15) is 4.21 Å². The molecule has 100 valence electrons. The molecule has 1 aliphatic carbocycles. The van der Waals surface area contributed by atoms with Gasteiger partial charge in [-0.15, -0.1) is 0 Å². The zero-order chi connectivity index (χ0) is 12.1. The van der Waals surface area contributed by atoms with Crippen LogP contribution in [0.2, 0.25) is 0 Å². The summed E-state index contributed by atoms with van der Waals surface area (Å²) < 4.78 is 11.2. The fourth-order valence-corrected chi connectivity index (χ4v) is 4.41. The van der Waals surface area contributed by atoms with E-state index in [-0.39, 0.29) is 0 Å². The zero-order valence-electron chi connectivity index (χ0n) is 11.1. The third-order valence-electron chi connectivity index (χ3n) is 4.51. The molecular formula is C14H27NOS. The van der Waals surface area contributed by atoms with Crippen molar-refractivity contribution in [2.45, 2.75) is 57.9 Å². The Labute approximate surface area is 108 Å². The van der Waals surface area contributed by atoms with Crippen LogP contribution in [0.25, 0.3) is 0 Å². The highest BCUT2D eigenvalue weighted by Crippen LogP contribution is 2.30. The first kappa shape index (κ1) is 13.5. The van der Waals surface area contributed by atoms with Gasteiger partial charge in [0.25, 0.3) is 0 Å². The number of hydrogen-bond donors (Lipinski definition) is 1. The number of hydrogen-bond acceptors (Lipinski definition) is 2. The molecule has 1 N–H and O–H groups in total. The van der Waals surface area contributed by atoms with Crippen LogP contribution in [0, 0.1) is 11.8 Å². The second-order valence-corrected chi connectivity index (χ2v) is 7.69. The largest absolute Gasteiger partial charge is 0.314 e. The molecule has 1 saturated carbocycles. The Morgan fingerprint density at radius 3 is 2.35 bits per heavy atom. The van der Waals surface area contributed by atoms with Gasteiger partial charge in [-0.1, -0.05) is 32.6 Å². The average Bonchev–Trinajstić information content (AvgIpc) is 2.34. The molecule has 1 heterocycles. The van der Waals surface area contributed by atoms with Crippen LogP contribution >= 0.6 is 0 Å². The van der Waals surface area contributed by atoms with Crippen molar-refractivity contribution in [3.8, 4) is 0 Å². The maximum Gasteiger partial charge on any atom is 0.0249 e. The molecule has 1 aliphatic heterocycles. The monoisotopic (exact) mass is 257 g/mol. The smallest absolute Gasteiger partial charge is 0.0249 e. The van der Waals surface area contributed by atoms with Gasteiger partial charge in [0.05, 0.1) is 0 Å². The van der Waals surface area contributed by atoms with Crippen molar-refractivity contribution in [3.05, 3.63) is 0 Å². The van der Waals surface area contributed by atoms with Gasteiger partial charge in [-0.2, -0.15) is 0 Å². The summed E-state index contributed by atoms with van der Waals surface area (Å²) in [5.74, 6) is 3.76. The van der Waals surface area contributed by atoms with Crippen molar-refractivity contribution in [3.63, 3.8) is 0 Å². The fourth-order valence-electron chi connectivity index (χ4n) is 3.11. The quantitative estimate of drug-likeness (QED) is 0.839. The standard InChI is InChI=1S/C14H27NOS/c1-12-2-4-13(5-3-12)6-9-15-14-7-10-17(16)11-8-14/h12-15H,2-11H2,1H3. The van der Waals surface area contributed by atoms with E-state index in [0.29, 0.717) is 6.04 Å². The van der Waals surface area contributed by atoms with Crippen LogP contribution in [-0.2, 0) is 10.8 Å². The highest BCUT2D eigenvalue weighted by molar-refractivity contribution is 7.85. The third kappa shape index (κ3) is 4.70. The van der Waals surface area contributed by atoms with Gasteiger partial charge in [0.1, 0.15) is 0 Å². The van der Waals surface area contributed by atoms with Crippen molar-refractivity contribution in [1.82, 2.24) is 5.32 Å². The molecule has 2 aliphatic rings. The Balaban J connectivity index is 1.55. The lowest BCUT2D eigenvalue weighted by atomic mass is 9.81. The molecular weight excluding hydrogens is 230 g/mol. The minimum absolute atomic E-state index is 0.515. The van der Waals surface area contributed by atoms with Crippen LogP contribution in [0.1, 0.15) is 51.9 Å².